The number of ether oxygens (including phenoxy) is 1. The van der Waals surface area contributed by atoms with Crippen LogP contribution < -0.4 is 14.8 Å². The molecule has 0 saturated heterocycles. The monoisotopic (exact) mass is 438 g/mol. The fourth-order valence-corrected chi connectivity index (χ4v) is 4.82. The van der Waals surface area contributed by atoms with Crippen LogP contribution in [0.15, 0.2) is 41.6 Å². The summed E-state index contributed by atoms with van der Waals surface area (Å²) < 4.78 is 64.7. The SMILES string of the molecule is O=S(=O)(Nc1ncns1)c1cc(F)c(OCc2cccc3c2CNCC3)cc1F. The smallest absolute Gasteiger partial charge is 0.266 e. The van der Waals surface area contributed by atoms with Gasteiger partial charge >= 0.3 is 0 Å². The molecule has 4 rings (SSSR count). The second-order valence-electron chi connectivity index (χ2n) is 6.34. The molecule has 1 aliphatic rings. The first-order valence-electron chi connectivity index (χ1n) is 8.66. The molecule has 0 bridgehead atoms. The van der Waals surface area contributed by atoms with Gasteiger partial charge in [-0.1, -0.05) is 18.2 Å². The van der Waals surface area contributed by atoms with Gasteiger partial charge < -0.3 is 10.1 Å². The number of sulfonamides is 1. The Morgan fingerprint density at radius 2 is 2.10 bits per heavy atom. The number of hydrogen-bond donors (Lipinski definition) is 2. The van der Waals surface area contributed by atoms with Crippen molar-refractivity contribution in [2.24, 2.45) is 0 Å². The van der Waals surface area contributed by atoms with Gasteiger partial charge in [0.1, 0.15) is 23.6 Å². The molecule has 2 N–H and O–H groups in total. The minimum Gasteiger partial charge on any atom is -0.486 e. The zero-order valence-electron chi connectivity index (χ0n) is 15.0. The summed E-state index contributed by atoms with van der Waals surface area (Å²) in [7, 11) is -4.35. The Labute approximate surface area is 170 Å². The van der Waals surface area contributed by atoms with Crippen LogP contribution in [-0.4, -0.2) is 24.3 Å². The van der Waals surface area contributed by atoms with Crippen molar-refractivity contribution in [1.29, 1.82) is 0 Å². The van der Waals surface area contributed by atoms with Gasteiger partial charge in [0.2, 0.25) is 5.13 Å². The highest BCUT2D eigenvalue weighted by Gasteiger charge is 2.24. The number of hydrogen-bond acceptors (Lipinski definition) is 7. The number of aromatic nitrogens is 2. The largest absolute Gasteiger partial charge is 0.486 e. The van der Waals surface area contributed by atoms with Crippen LogP contribution in [0.1, 0.15) is 16.7 Å². The van der Waals surface area contributed by atoms with Gasteiger partial charge in [-0.15, -0.1) is 0 Å². The van der Waals surface area contributed by atoms with Crippen LogP contribution in [0.25, 0.3) is 0 Å². The molecule has 2 aromatic carbocycles. The number of benzene rings is 2. The topological polar surface area (TPSA) is 93.2 Å². The maximum atomic E-state index is 14.5. The fraction of sp³-hybridized carbons (Fsp3) is 0.222. The third-order valence-electron chi connectivity index (χ3n) is 4.49. The minimum atomic E-state index is -4.35. The van der Waals surface area contributed by atoms with E-state index in [1.54, 1.807) is 0 Å². The molecule has 3 aromatic rings. The molecule has 0 aliphatic carbocycles. The molecule has 7 nitrogen and oxygen atoms in total. The molecule has 29 heavy (non-hydrogen) atoms. The first-order chi connectivity index (χ1) is 13.9. The van der Waals surface area contributed by atoms with E-state index in [-0.39, 0.29) is 17.5 Å². The quantitative estimate of drug-likeness (QED) is 0.615. The number of nitrogens with one attached hydrogen (secondary N) is 2. The zero-order chi connectivity index (χ0) is 20.4. The third-order valence-corrected chi connectivity index (χ3v) is 6.55. The molecule has 0 saturated carbocycles. The van der Waals surface area contributed by atoms with Gasteiger partial charge in [-0.25, -0.2) is 22.2 Å². The number of nitrogens with zero attached hydrogens (tertiary/aromatic N) is 2. The summed E-state index contributed by atoms with van der Waals surface area (Å²) in [5.74, 6) is -2.47. The standard InChI is InChI=1S/C18H16F2N4O3S2/c19-14-7-17(29(25,26)24-18-22-10-23-28-18)15(20)6-16(14)27-9-12-3-1-2-11-4-5-21-8-13(11)12/h1-3,6-7,10,21H,4-5,8-9H2,(H,22,23,24). The van der Waals surface area contributed by atoms with Gasteiger partial charge in [0.05, 0.1) is 0 Å². The predicted molar refractivity (Wildman–Crippen MR) is 103 cm³/mol. The highest BCUT2D eigenvalue weighted by atomic mass is 32.2. The van der Waals surface area contributed by atoms with Gasteiger partial charge in [-0.3, -0.25) is 4.72 Å². The molecule has 152 valence electrons. The number of halogens is 2. The highest BCUT2D eigenvalue weighted by Crippen LogP contribution is 2.28. The van der Waals surface area contributed by atoms with Gasteiger partial charge in [-0.2, -0.15) is 4.37 Å². The molecule has 0 atom stereocenters. The molecule has 0 unspecified atom stereocenters. The van der Waals surface area contributed by atoms with E-state index in [4.69, 9.17) is 4.74 Å². The number of fused-ring (bicyclic) bond motifs is 1. The van der Waals surface area contributed by atoms with Crippen molar-refractivity contribution in [3.05, 3.63) is 65.0 Å². The summed E-state index contributed by atoms with van der Waals surface area (Å²) in [6.45, 7) is 1.61. The van der Waals surface area contributed by atoms with Crippen LogP contribution in [0.5, 0.6) is 5.75 Å². The average molecular weight is 438 g/mol. The summed E-state index contributed by atoms with van der Waals surface area (Å²) >= 11 is 0.777. The van der Waals surface area contributed by atoms with E-state index in [9.17, 15) is 17.2 Å². The summed E-state index contributed by atoms with van der Waals surface area (Å²) in [6.07, 6.45) is 2.04. The average Bonchev–Trinajstić information content (AvgIpc) is 3.20. The van der Waals surface area contributed by atoms with Crippen molar-refractivity contribution in [2.75, 3.05) is 11.3 Å². The Hall–Kier alpha value is -2.63. The zero-order valence-corrected chi connectivity index (χ0v) is 16.6. The number of rotatable bonds is 6. The Kier molecular flexibility index (Phi) is 5.43. The van der Waals surface area contributed by atoms with E-state index in [2.05, 4.69) is 19.4 Å². The van der Waals surface area contributed by atoms with E-state index in [1.807, 2.05) is 18.2 Å². The fourth-order valence-electron chi connectivity index (χ4n) is 3.09. The van der Waals surface area contributed by atoms with E-state index in [0.29, 0.717) is 12.6 Å². The van der Waals surface area contributed by atoms with Crippen molar-refractivity contribution in [3.63, 3.8) is 0 Å². The molecule has 0 fully saturated rings. The van der Waals surface area contributed by atoms with Crippen molar-refractivity contribution < 1.29 is 21.9 Å². The summed E-state index contributed by atoms with van der Waals surface area (Å²) in [5.41, 5.74) is 3.14. The van der Waals surface area contributed by atoms with Crippen LogP contribution in [0.3, 0.4) is 0 Å². The van der Waals surface area contributed by atoms with E-state index in [1.165, 1.54) is 5.56 Å². The van der Waals surface area contributed by atoms with Crippen molar-refractivity contribution >= 4 is 26.7 Å². The molecular formula is C18H16F2N4O3S2. The first-order valence-corrected chi connectivity index (χ1v) is 10.9. The van der Waals surface area contributed by atoms with Crippen LogP contribution in [-0.2, 0) is 29.6 Å². The van der Waals surface area contributed by atoms with Crippen LogP contribution >= 0.6 is 11.5 Å². The first kappa shape index (κ1) is 19.7. The molecule has 11 heteroatoms. The summed E-state index contributed by atoms with van der Waals surface area (Å²) in [6, 6.07) is 7.12. The lowest BCUT2D eigenvalue weighted by Crippen LogP contribution is -2.25. The summed E-state index contributed by atoms with van der Waals surface area (Å²) in [4.78, 5) is 2.83. The van der Waals surface area contributed by atoms with Crippen LogP contribution in [0, 0.1) is 11.6 Å². The van der Waals surface area contributed by atoms with Crippen molar-refractivity contribution in [2.45, 2.75) is 24.5 Å². The van der Waals surface area contributed by atoms with E-state index >= 15 is 0 Å². The van der Waals surface area contributed by atoms with E-state index in [0.717, 1.165) is 48.0 Å². The lowest BCUT2D eigenvalue weighted by molar-refractivity contribution is 0.285. The number of anilines is 1. The van der Waals surface area contributed by atoms with Crippen LogP contribution in [0.2, 0.25) is 0 Å². The van der Waals surface area contributed by atoms with Gasteiger partial charge in [0.15, 0.2) is 11.6 Å². The third kappa shape index (κ3) is 4.21. The van der Waals surface area contributed by atoms with Crippen LogP contribution in [0.4, 0.5) is 13.9 Å². The minimum absolute atomic E-state index is 0.0380. The predicted octanol–water partition coefficient (Wildman–Crippen LogP) is 2.84. The molecule has 0 radical (unpaired) electrons. The second kappa shape index (κ2) is 8.01. The van der Waals surface area contributed by atoms with E-state index < -0.39 is 26.6 Å². The van der Waals surface area contributed by atoms with Gasteiger partial charge in [-0.05, 0) is 29.7 Å². The Balaban J connectivity index is 1.55. The summed E-state index contributed by atoms with van der Waals surface area (Å²) in [5, 5.41) is 3.22. The van der Waals surface area contributed by atoms with Gasteiger partial charge in [0.25, 0.3) is 10.0 Å². The molecule has 2 heterocycles. The lowest BCUT2D eigenvalue weighted by Gasteiger charge is -2.20. The molecule has 0 spiro atoms. The molecular weight excluding hydrogens is 422 g/mol. The van der Waals surface area contributed by atoms with Gasteiger partial charge in [0, 0.05) is 30.2 Å². The second-order valence-corrected chi connectivity index (χ2v) is 8.77. The Morgan fingerprint density at radius 3 is 2.90 bits per heavy atom. The Bertz CT molecular complexity index is 1140. The molecule has 1 aliphatic heterocycles. The normalized spacial score (nSPS) is 13.7. The maximum absolute atomic E-state index is 14.5. The van der Waals surface area contributed by atoms with Crippen molar-refractivity contribution in [3.8, 4) is 5.75 Å². The molecule has 0 amide bonds. The molecule has 1 aromatic heterocycles. The maximum Gasteiger partial charge on any atom is 0.266 e. The van der Waals surface area contributed by atoms with Crippen molar-refractivity contribution in [1.82, 2.24) is 14.7 Å². The Morgan fingerprint density at radius 1 is 1.24 bits per heavy atom. The lowest BCUT2D eigenvalue weighted by atomic mass is 9.96. The highest BCUT2D eigenvalue weighted by molar-refractivity contribution is 7.93.